The highest BCUT2D eigenvalue weighted by atomic mass is 19.4. The lowest BCUT2D eigenvalue weighted by atomic mass is 10.1. The Balaban J connectivity index is 2.34. The molecule has 0 aliphatic rings. The van der Waals surface area contributed by atoms with Crippen LogP contribution in [0.2, 0.25) is 0 Å². The first-order valence-corrected chi connectivity index (χ1v) is 7.55. The van der Waals surface area contributed by atoms with E-state index in [0.717, 1.165) is 25.0 Å². The Bertz CT molecular complexity index is 713. The van der Waals surface area contributed by atoms with E-state index in [1.807, 2.05) is 6.92 Å². The number of rotatable bonds is 6. The summed E-state index contributed by atoms with van der Waals surface area (Å²) >= 11 is 0. The first kappa shape index (κ1) is 17.9. The Morgan fingerprint density at radius 2 is 1.88 bits per heavy atom. The number of unbranched alkanes of at least 4 members (excludes halogenated alkanes) is 1. The van der Waals surface area contributed by atoms with Crippen molar-refractivity contribution in [2.75, 3.05) is 0 Å². The molecule has 4 nitrogen and oxygen atoms in total. The molecule has 128 valence electrons. The van der Waals surface area contributed by atoms with Crippen LogP contribution in [0.1, 0.15) is 36.6 Å². The zero-order chi connectivity index (χ0) is 17.7. The lowest BCUT2D eigenvalue weighted by Gasteiger charge is -2.10. The second kappa shape index (κ2) is 7.42. The summed E-state index contributed by atoms with van der Waals surface area (Å²) < 4.78 is 37.8. The highest BCUT2D eigenvalue weighted by molar-refractivity contribution is 5.70. The molecule has 7 heteroatoms. The summed E-state index contributed by atoms with van der Waals surface area (Å²) in [5.74, 6) is -0.678. The van der Waals surface area contributed by atoms with Crippen LogP contribution in [0, 0.1) is 0 Å². The van der Waals surface area contributed by atoms with Gasteiger partial charge in [0.25, 0.3) is 0 Å². The Kier molecular flexibility index (Phi) is 5.54. The molecule has 1 heterocycles. The molecule has 0 radical (unpaired) electrons. The van der Waals surface area contributed by atoms with Gasteiger partial charge in [-0.1, -0.05) is 25.5 Å². The number of nitrogens with zero attached hydrogens (tertiary/aromatic N) is 2. The van der Waals surface area contributed by atoms with Crippen LogP contribution >= 0.6 is 0 Å². The van der Waals surface area contributed by atoms with Crippen LogP contribution in [0.15, 0.2) is 30.5 Å². The highest BCUT2D eigenvalue weighted by Gasteiger charge is 2.30. The number of aliphatic carboxylic acids is 1. The van der Waals surface area contributed by atoms with Gasteiger partial charge in [0.15, 0.2) is 5.82 Å². The van der Waals surface area contributed by atoms with Gasteiger partial charge in [0.1, 0.15) is 0 Å². The number of halogens is 3. The summed E-state index contributed by atoms with van der Waals surface area (Å²) in [7, 11) is 0. The van der Waals surface area contributed by atoms with Crippen molar-refractivity contribution in [1.29, 1.82) is 0 Å². The number of alkyl halides is 3. The summed E-state index contributed by atoms with van der Waals surface area (Å²) in [6.07, 6.45) is -0.750. The van der Waals surface area contributed by atoms with Gasteiger partial charge >= 0.3 is 12.1 Å². The average molecular weight is 338 g/mol. The quantitative estimate of drug-likeness (QED) is 0.860. The second-order valence-corrected chi connectivity index (χ2v) is 5.41. The van der Waals surface area contributed by atoms with Gasteiger partial charge < -0.3 is 5.11 Å². The average Bonchev–Trinajstić information content (AvgIpc) is 2.53. The third-order valence-corrected chi connectivity index (χ3v) is 3.53. The smallest absolute Gasteiger partial charge is 0.416 e. The molecule has 0 unspecified atom stereocenters. The van der Waals surface area contributed by atoms with Gasteiger partial charge in [-0.2, -0.15) is 13.2 Å². The molecule has 24 heavy (non-hydrogen) atoms. The number of carbonyl (C=O) groups is 1. The molecule has 0 aliphatic carbocycles. The third kappa shape index (κ3) is 4.53. The van der Waals surface area contributed by atoms with Crippen LogP contribution in [0.3, 0.4) is 0 Å². The van der Waals surface area contributed by atoms with E-state index in [0.29, 0.717) is 29.1 Å². The normalized spacial score (nSPS) is 11.5. The Morgan fingerprint density at radius 1 is 1.21 bits per heavy atom. The maximum Gasteiger partial charge on any atom is 0.416 e. The Morgan fingerprint density at radius 3 is 2.42 bits per heavy atom. The van der Waals surface area contributed by atoms with Gasteiger partial charge in [-0.05, 0) is 25.0 Å². The Labute approximate surface area is 137 Å². The van der Waals surface area contributed by atoms with Gasteiger partial charge in [0.05, 0.1) is 12.0 Å². The van der Waals surface area contributed by atoms with Gasteiger partial charge in [0.2, 0.25) is 0 Å². The van der Waals surface area contributed by atoms with Crippen molar-refractivity contribution in [2.45, 2.75) is 38.8 Å². The summed E-state index contributed by atoms with van der Waals surface area (Å²) in [6.45, 7) is 2.01. The van der Waals surface area contributed by atoms with Crippen molar-refractivity contribution >= 4 is 5.97 Å². The number of aromatic nitrogens is 2. The zero-order valence-corrected chi connectivity index (χ0v) is 13.1. The predicted octanol–water partition coefficient (Wildman–Crippen LogP) is 4.13. The van der Waals surface area contributed by atoms with Crippen molar-refractivity contribution in [1.82, 2.24) is 9.97 Å². The highest BCUT2D eigenvalue weighted by Crippen LogP contribution is 2.30. The van der Waals surface area contributed by atoms with Crippen molar-refractivity contribution < 1.29 is 23.1 Å². The van der Waals surface area contributed by atoms with Crippen LogP contribution in [-0.4, -0.2) is 21.0 Å². The van der Waals surface area contributed by atoms with E-state index in [9.17, 15) is 18.0 Å². The maximum absolute atomic E-state index is 12.6. The minimum absolute atomic E-state index is 0.174. The molecule has 0 fully saturated rings. The fourth-order valence-corrected chi connectivity index (χ4v) is 2.26. The molecule has 0 bridgehead atoms. The van der Waals surface area contributed by atoms with Gasteiger partial charge in [-0.3, -0.25) is 4.79 Å². The van der Waals surface area contributed by atoms with Crippen LogP contribution in [0.25, 0.3) is 11.4 Å². The zero-order valence-electron chi connectivity index (χ0n) is 13.1. The van der Waals surface area contributed by atoms with Crippen LogP contribution in [0.4, 0.5) is 13.2 Å². The minimum atomic E-state index is -4.39. The number of carboxylic acid groups (broad SMARTS) is 1. The molecule has 0 saturated heterocycles. The fourth-order valence-electron chi connectivity index (χ4n) is 2.26. The number of carboxylic acids is 1. The van der Waals surface area contributed by atoms with Crippen LogP contribution in [0.5, 0.6) is 0 Å². The molecule has 0 saturated carbocycles. The molecular formula is C17H17F3N2O2. The first-order chi connectivity index (χ1) is 11.3. The number of hydrogen-bond acceptors (Lipinski definition) is 3. The van der Waals surface area contributed by atoms with E-state index < -0.39 is 17.7 Å². The van der Waals surface area contributed by atoms with Crippen LogP contribution in [-0.2, 0) is 23.8 Å². The molecule has 1 aromatic carbocycles. The molecule has 0 spiro atoms. The van der Waals surface area contributed by atoms with E-state index in [1.54, 1.807) is 0 Å². The van der Waals surface area contributed by atoms with Crippen molar-refractivity contribution in [2.24, 2.45) is 0 Å². The van der Waals surface area contributed by atoms with E-state index in [2.05, 4.69) is 9.97 Å². The third-order valence-electron chi connectivity index (χ3n) is 3.53. The molecule has 1 N–H and O–H groups in total. The number of hydrogen-bond donors (Lipinski definition) is 1. The van der Waals surface area contributed by atoms with E-state index >= 15 is 0 Å². The summed E-state index contributed by atoms with van der Waals surface area (Å²) in [4.78, 5) is 19.4. The fraction of sp³-hybridized carbons (Fsp3) is 0.353. The maximum atomic E-state index is 12.6. The monoisotopic (exact) mass is 338 g/mol. The van der Waals surface area contributed by atoms with Crippen molar-refractivity contribution in [3.8, 4) is 11.4 Å². The lowest BCUT2D eigenvalue weighted by Crippen LogP contribution is -2.08. The summed E-state index contributed by atoms with van der Waals surface area (Å²) in [5, 5.41) is 8.95. The molecule has 0 atom stereocenters. The lowest BCUT2D eigenvalue weighted by molar-refractivity contribution is -0.138. The number of benzene rings is 1. The predicted molar refractivity (Wildman–Crippen MR) is 82.4 cm³/mol. The molecule has 2 rings (SSSR count). The SMILES string of the molecule is CCCCc1nc(-c2ccc(C(F)(F)F)cc2)ncc1CC(=O)O. The first-order valence-electron chi connectivity index (χ1n) is 7.55. The van der Waals surface area contributed by atoms with Crippen molar-refractivity contribution in [3.05, 3.63) is 47.3 Å². The number of aryl methyl sites for hydroxylation is 1. The van der Waals surface area contributed by atoms with E-state index in [1.165, 1.54) is 18.3 Å². The molecule has 0 aliphatic heterocycles. The second-order valence-electron chi connectivity index (χ2n) is 5.41. The molecule has 0 amide bonds. The van der Waals surface area contributed by atoms with Crippen molar-refractivity contribution in [3.63, 3.8) is 0 Å². The van der Waals surface area contributed by atoms with E-state index in [4.69, 9.17) is 5.11 Å². The van der Waals surface area contributed by atoms with Crippen LogP contribution < -0.4 is 0 Å². The molecular weight excluding hydrogens is 321 g/mol. The van der Waals surface area contributed by atoms with Gasteiger partial charge in [-0.15, -0.1) is 0 Å². The summed E-state index contributed by atoms with van der Waals surface area (Å²) in [6, 6.07) is 4.60. The Hall–Kier alpha value is -2.44. The largest absolute Gasteiger partial charge is 0.481 e. The van der Waals surface area contributed by atoms with Gasteiger partial charge in [-0.25, -0.2) is 9.97 Å². The molecule has 2 aromatic rings. The topological polar surface area (TPSA) is 63.1 Å². The van der Waals surface area contributed by atoms with Gasteiger partial charge in [0, 0.05) is 23.0 Å². The summed E-state index contributed by atoms with van der Waals surface area (Å²) in [5.41, 5.74) is 0.887. The standard InChI is InChI=1S/C17H17F3N2O2/c1-2-3-4-14-12(9-15(23)24)10-21-16(22-14)11-5-7-13(8-6-11)17(18,19)20/h5-8,10H,2-4,9H2,1H3,(H,23,24). The minimum Gasteiger partial charge on any atom is -0.481 e. The van der Waals surface area contributed by atoms with E-state index in [-0.39, 0.29) is 6.42 Å². The molecule has 1 aromatic heterocycles.